The fourth-order valence-corrected chi connectivity index (χ4v) is 11.5. The lowest BCUT2D eigenvalue weighted by Gasteiger charge is -2.17. The average Bonchev–Trinajstić information content (AvgIpc) is 3.76. The van der Waals surface area contributed by atoms with Gasteiger partial charge in [-0.15, -0.1) is 22.7 Å². The SMILES string of the molecule is c1ccc2c(c1)ccc1c3cccc(-c4ccc5ccc6c(-c7cccc8c7sc7c9ccccc9ccc87)ccc7ccc4c5c76)c3sc21. The standard InChI is InChI=1S/C48H26S2/c1-3-9-31-27(7-1)15-25-41-39-13-5-11-37(47(39)49-45(31)41)33-21-17-29-20-24-36-34(22-18-30-19-23-35(33)43(29)44(30)36)38-12-6-14-40-42-26-16-28-8-2-4-10-32(28)46(42)50-48(38)40/h1-26H. The summed E-state index contributed by atoms with van der Waals surface area (Å²) in [5.74, 6) is 0. The molecule has 12 rings (SSSR count). The highest BCUT2D eigenvalue weighted by Gasteiger charge is 2.19. The largest absolute Gasteiger partial charge is 0.134 e. The van der Waals surface area contributed by atoms with E-state index in [-0.39, 0.29) is 0 Å². The highest BCUT2D eigenvalue weighted by atomic mass is 32.1. The molecule has 0 fully saturated rings. The predicted octanol–water partition coefficient (Wildman–Crippen LogP) is 15.0. The normalized spacial score (nSPS) is 12.4. The number of fused-ring (bicyclic) bond motifs is 10. The first-order chi connectivity index (χ1) is 24.8. The predicted molar refractivity (Wildman–Crippen MR) is 222 cm³/mol. The van der Waals surface area contributed by atoms with Crippen LogP contribution in [0.3, 0.4) is 0 Å². The zero-order chi connectivity index (χ0) is 32.5. The van der Waals surface area contributed by atoms with E-state index in [1.54, 1.807) is 0 Å². The third-order valence-electron chi connectivity index (χ3n) is 11.0. The summed E-state index contributed by atoms with van der Waals surface area (Å²) in [7, 11) is 0. The van der Waals surface area contributed by atoms with Gasteiger partial charge in [0.25, 0.3) is 0 Å². The van der Waals surface area contributed by atoms with E-state index in [4.69, 9.17) is 0 Å². The van der Waals surface area contributed by atoms with Crippen molar-refractivity contribution in [2.75, 3.05) is 0 Å². The molecular formula is C48H26S2. The van der Waals surface area contributed by atoms with Crippen LogP contribution in [0.15, 0.2) is 158 Å². The second-order valence-corrected chi connectivity index (χ2v) is 15.6. The number of rotatable bonds is 2. The van der Waals surface area contributed by atoms with Gasteiger partial charge < -0.3 is 0 Å². The zero-order valence-corrected chi connectivity index (χ0v) is 28.5. The first kappa shape index (κ1) is 27.1. The minimum Gasteiger partial charge on any atom is -0.134 e. The molecule has 0 nitrogen and oxygen atoms in total. The lowest BCUT2D eigenvalue weighted by molar-refractivity contribution is 1.72. The van der Waals surface area contributed by atoms with Gasteiger partial charge in [-0.1, -0.05) is 158 Å². The van der Waals surface area contributed by atoms with E-state index < -0.39 is 0 Å². The summed E-state index contributed by atoms with van der Waals surface area (Å²) in [6, 6.07) is 59.2. The van der Waals surface area contributed by atoms with Gasteiger partial charge in [0.1, 0.15) is 0 Å². The maximum atomic E-state index is 2.36. The molecule has 2 aromatic heterocycles. The van der Waals surface area contributed by atoms with Crippen LogP contribution in [-0.2, 0) is 0 Å². The van der Waals surface area contributed by atoms with Crippen LogP contribution < -0.4 is 0 Å². The zero-order valence-electron chi connectivity index (χ0n) is 26.8. The molecule has 0 aliphatic heterocycles. The van der Waals surface area contributed by atoms with Crippen molar-refractivity contribution < 1.29 is 0 Å². The Morgan fingerprint density at radius 1 is 0.220 bits per heavy atom. The summed E-state index contributed by atoms with van der Waals surface area (Å²) < 4.78 is 5.46. The van der Waals surface area contributed by atoms with Crippen molar-refractivity contribution in [2.24, 2.45) is 0 Å². The molecule has 0 bridgehead atoms. The van der Waals surface area contributed by atoms with Crippen LogP contribution in [0.5, 0.6) is 0 Å². The van der Waals surface area contributed by atoms with Crippen molar-refractivity contribution in [1.29, 1.82) is 0 Å². The molecule has 0 radical (unpaired) electrons. The van der Waals surface area contributed by atoms with E-state index in [1.165, 1.54) is 116 Å². The molecule has 0 spiro atoms. The van der Waals surface area contributed by atoms with Crippen molar-refractivity contribution in [3.63, 3.8) is 0 Å². The van der Waals surface area contributed by atoms with Crippen LogP contribution in [0.4, 0.5) is 0 Å². The molecular weight excluding hydrogens is 641 g/mol. The molecule has 2 heterocycles. The molecule has 230 valence electrons. The van der Waals surface area contributed by atoms with Gasteiger partial charge in [0.05, 0.1) is 0 Å². The van der Waals surface area contributed by atoms with Crippen LogP contribution in [0.2, 0.25) is 0 Å². The molecule has 0 saturated carbocycles. The summed E-state index contributed by atoms with van der Waals surface area (Å²) in [5.41, 5.74) is 5.23. The van der Waals surface area contributed by atoms with E-state index in [2.05, 4.69) is 158 Å². The average molecular weight is 667 g/mol. The van der Waals surface area contributed by atoms with Crippen molar-refractivity contribution in [1.82, 2.24) is 0 Å². The summed E-state index contributed by atoms with van der Waals surface area (Å²) in [4.78, 5) is 0. The van der Waals surface area contributed by atoms with Crippen molar-refractivity contribution in [3.8, 4) is 22.3 Å². The van der Waals surface area contributed by atoms with Gasteiger partial charge in [0.2, 0.25) is 0 Å². The highest BCUT2D eigenvalue weighted by Crippen LogP contribution is 2.49. The van der Waals surface area contributed by atoms with E-state index in [1.807, 2.05) is 22.7 Å². The number of hydrogen-bond acceptors (Lipinski definition) is 2. The third-order valence-corrected chi connectivity index (χ3v) is 13.6. The van der Waals surface area contributed by atoms with E-state index in [9.17, 15) is 0 Å². The maximum Gasteiger partial charge on any atom is 0.0434 e. The molecule has 0 N–H and O–H groups in total. The molecule has 0 aliphatic rings. The topological polar surface area (TPSA) is 0 Å². The Bertz CT molecular complexity index is 3150. The number of thiophene rings is 2. The van der Waals surface area contributed by atoms with Crippen molar-refractivity contribution in [3.05, 3.63) is 158 Å². The Hall–Kier alpha value is -5.80. The fraction of sp³-hybridized carbons (Fsp3) is 0. The molecule has 0 aliphatic carbocycles. The molecule has 0 amide bonds. The van der Waals surface area contributed by atoms with Crippen LogP contribution in [-0.4, -0.2) is 0 Å². The number of benzene rings is 10. The van der Waals surface area contributed by atoms with Crippen molar-refractivity contribution in [2.45, 2.75) is 0 Å². The summed E-state index contributed by atoms with van der Waals surface area (Å²) in [6.07, 6.45) is 0. The minimum absolute atomic E-state index is 1.29. The molecule has 10 aromatic carbocycles. The second kappa shape index (κ2) is 9.89. The molecule has 0 atom stereocenters. The summed E-state index contributed by atoms with van der Waals surface area (Å²) in [5, 5.41) is 18.6. The quantitative estimate of drug-likeness (QED) is 0.161. The second-order valence-electron chi connectivity index (χ2n) is 13.5. The smallest absolute Gasteiger partial charge is 0.0434 e. The first-order valence-electron chi connectivity index (χ1n) is 17.2. The van der Waals surface area contributed by atoms with E-state index >= 15 is 0 Å². The summed E-state index contributed by atoms with van der Waals surface area (Å²) in [6.45, 7) is 0. The van der Waals surface area contributed by atoms with Gasteiger partial charge >= 0.3 is 0 Å². The molecule has 0 saturated heterocycles. The third kappa shape index (κ3) is 3.54. The molecule has 12 aromatic rings. The van der Waals surface area contributed by atoms with Gasteiger partial charge in [0.15, 0.2) is 0 Å². The number of hydrogen-bond donors (Lipinski definition) is 0. The monoisotopic (exact) mass is 666 g/mol. The van der Waals surface area contributed by atoms with Crippen LogP contribution in [0.25, 0.3) is 116 Å². The highest BCUT2D eigenvalue weighted by molar-refractivity contribution is 7.27. The Kier molecular flexibility index (Phi) is 5.35. The Morgan fingerprint density at radius 2 is 0.600 bits per heavy atom. The van der Waals surface area contributed by atoms with Gasteiger partial charge in [-0.05, 0) is 65.0 Å². The van der Waals surface area contributed by atoms with Gasteiger partial charge in [-0.25, -0.2) is 0 Å². The van der Waals surface area contributed by atoms with Gasteiger partial charge in [0, 0.05) is 51.5 Å². The van der Waals surface area contributed by atoms with Gasteiger partial charge in [-0.3, -0.25) is 0 Å². The van der Waals surface area contributed by atoms with E-state index in [0.717, 1.165) is 0 Å². The maximum absolute atomic E-state index is 2.36. The van der Waals surface area contributed by atoms with Crippen molar-refractivity contribution >= 4 is 117 Å². The Morgan fingerprint density at radius 3 is 1.10 bits per heavy atom. The fourth-order valence-electron chi connectivity index (χ4n) is 8.75. The molecule has 0 unspecified atom stereocenters. The summed E-state index contributed by atoms with van der Waals surface area (Å²) >= 11 is 3.87. The van der Waals surface area contributed by atoms with E-state index in [0.29, 0.717) is 0 Å². The first-order valence-corrected chi connectivity index (χ1v) is 18.8. The Labute approximate surface area is 295 Å². The lowest BCUT2D eigenvalue weighted by atomic mass is 9.87. The van der Waals surface area contributed by atoms with Crippen LogP contribution in [0, 0.1) is 0 Å². The van der Waals surface area contributed by atoms with Crippen LogP contribution in [0.1, 0.15) is 0 Å². The minimum atomic E-state index is 1.29. The van der Waals surface area contributed by atoms with Gasteiger partial charge in [-0.2, -0.15) is 0 Å². The Balaban J connectivity index is 1.13. The molecule has 2 heteroatoms. The van der Waals surface area contributed by atoms with Crippen LogP contribution >= 0.6 is 22.7 Å². The lowest BCUT2D eigenvalue weighted by Crippen LogP contribution is -1.89. The molecule has 50 heavy (non-hydrogen) atoms.